The molecule has 0 saturated carbocycles. The third-order valence-electron chi connectivity index (χ3n) is 2.77. The first-order valence-electron chi connectivity index (χ1n) is 5.97. The lowest BCUT2D eigenvalue weighted by atomic mass is 10.2. The van der Waals surface area contributed by atoms with Crippen LogP contribution in [-0.2, 0) is 0 Å². The number of nitrogens with zero attached hydrogens (tertiary/aromatic N) is 2. The molecule has 0 amide bonds. The molecule has 0 bridgehead atoms. The molecular formula is C13H14FN3O2S. The molecular weight excluding hydrogens is 281 g/mol. The number of aryl methyl sites for hydroxylation is 2. The largest absolute Gasteiger partial charge is 0.478 e. The summed E-state index contributed by atoms with van der Waals surface area (Å²) in [5.74, 6) is -1.74. The van der Waals surface area contributed by atoms with Gasteiger partial charge in [-0.15, -0.1) is 11.3 Å². The molecule has 106 valence electrons. The Balaban J connectivity index is 2.30. The molecule has 2 rings (SSSR count). The van der Waals surface area contributed by atoms with Crippen LogP contribution in [0.15, 0.2) is 12.3 Å². The third-order valence-corrected chi connectivity index (χ3v) is 4.03. The van der Waals surface area contributed by atoms with Crippen molar-refractivity contribution in [3.63, 3.8) is 0 Å². The molecule has 2 heterocycles. The highest BCUT2D eigenvalue weighted by atomic mass is 32.1. The number of nitrogens with one attached hydrogen (secondary N) is 1. The van der Waals surface area contributed by atoms with E-state index in [0.717, 1.165) is 27.8 Å². The average molecular weight is 295 g/mol. The molecule has 5 nitrogen and oxygen atoms in total. The van der Waals surface area contributed by atoms with Crippen molar-refractivity contribution in [3.8, 4) is 0 Å². The fourth-order valence-corrected chi connectivity index (χ4v) is 2.87. The van der Waals surface area contributed by atoms with E-state index >= 15 is 0 Å². The Kier molecular flexibility index (Phi) is 3.99. The summed E-state index contributed by atoms with van der Waals surface area (Å²) >= 11 is 1.54. The van der Waals surface area contributed by atoms with E-state index in [9.17, 15) is 9.18 Å². The molecule has 2 N–H and O–H groups in total. The van der Waals surface area contributed by atoms with Crippen molar-refractivity contribution >= 4 is 23.1 Å². The van der Waals surface area contributed by atoms with E-state index in [4.69, 9.17) is 5.11 Å². The van der Waals surface area contributed by atoms with E-state index < -0.39 is 11.8 Å². The molecule has 20 heavy (non-hydrogen) atoms. The lowest BCUT2D eigenvalue weighted by Gasteiger charge is -2.15. The Morgan fingerprint density at radius 1 is 1.50 bits per heavy atom. The number of hydrogen-bond acceptors (Lipinski definition) is 5. The van der Waals surface area contributed by atoms with Gasteiger partial charge in [0.05, 0.1) is 22.9 Å². The van der Waals surface area contributed by atoms with Gasteiger partial charge in [-0.1, -0.05) is 0 Å². The summed E-state index contributed by atoms with van der Waals surface area (Å²) in [6, 6.07) is 0.798. The second-order valence-electron chi connectivity index (χ2n) is 4.40. The van der Waals surface area contributed by atoms with Gasteiger partial charge in [0, 0.05) is 4.88 Å². The molecule has 1 unspecified atom stereocenters. The Labute approximate surface area is 119 Å². The normalized spacial score (nSPS) is 12.2. The monoisotopic (exact) mass is 295 g/mol. The first-order chi connectivity index (χ1) is 9.38. The third kappa shape index (κ3) is 2.93. The van der Waals surface area contributed by atoms with E-state index in [2.05, 4.69) is 15.3 Å². The highest BCUT2D eigenvalue weighted by molar-refractivity contribution is 7.11. The average Bonchev–Trinajstić information content (AvgIpc) is 2.70. The minimum absolute atomic E-state index is 0.150. The summed E-state index contributed by atoms with van der Waals surface area (Å²) in [7, 11) is 0. The molecule has 0 aromatic carbocycles. The smallest absolute Gasteiger partial charge is 0.339 e. The molecule has 2 aromatic rings. The highest BCUT2D eigenvalue weighted by Gasteiger charge is 2.18. The van der Waals surface area contributed by atoms with Crippen LogP contribution in [0, 0.1) is 19.7 Å². The topological polar surface area (TPSA) is 75.1 Å². The van der Waals surface area contributed by atoms with Crippen LogP contribution >= 0.6 is 11.3 Å². The SMILES string of the molecule is Cc1nc(C)c(C(C)Nc2ncc(F)cc2C(=O)O)s1. The van der Waals surface area contributed by atoms with Crippen LogP contribution in [0.5, 0.6) is 0 Å². The number of carboxylic acid groups (broad SMARTS) is 1. The van der Waals surface area contributed by atoms with Crippen LogP contribution < -0.4 is 5.32 Å². The summed E-state index contributed by atoms with van der Waals surface area (Å²) < 4.78 is 13.1. The number of carboxylic acids is 1. The molecule has 1 atom stereocenters. The van der Waals surface area contributed by atoms with E-state index in [1.54, 1.807) is 0 Å². The van der Waals surface area contributed by atoms with Gasteiger partial charge in [0.25, 0.3) is 0 Å². The van der Waals surface area contributed by atoms with Gasteiger partial charge in [0.2, 0.25) is 0 Å². The number of pyridine rings is 1. The van der Waals surface area contributed by atoms with Crippen LogP contribution in [0.3, 0.4) is 0 Å². The van der Waals surface area contributed by atoms with Crippen LogP contribution in [0.2, 0.25) is 0 Å². The molecule has 7 heteroatoms. The van der Waals surface area contributed by atoms with Gasteiger partial charge in [0.1, 0.15) is 17.2 Å². The molecule has 0 aliphatic rings. The number of hydrogen-bond donors (Lipinski definition) is 2. The van der Waals surface area contributed by atoms with Gasteiger partial charge in [-0.25, -0.2) is 19.2 Å². The molecule has 0 spiro atoms. The van der Waals surface area contributed by atoms with Gasteiger partial charge in [0.15, 0.2) is 0 Å². The Bertz CT molecular complexity index is 657. The molecule has 0 aliphatic heterocycles. The summed E-state index contributed by atoms with van der Waals surface area (Å²) in [6.07, 6.45) is 0.992. The van der Waals surface area contributed by atoms with E-state index in [1.807, 2.05) is 20.8 Å². The predicted molar refractivity (Wildman–Crippen MR) is 74.8 cm³/mol. The highest BCUT2D eigenvalue weighted by Crippen LogP contribution is 2.28. The number of carbonyl (C=O) groups is 1. The Morgan fingerprint density at radius 2 is 2.20 bits per heavy atom. The number of rotatable bonds is 4. The lowest BCUT2D eigenvalue weighted by Crippen LogP contribution is -2.12. The summed E-state index contributed by atoms with van der Waals surface area (Å²) in [4.78, 5) is 20.3. The second-order valence-corrected chi connectivity index (χ2v) is 5.64. The molecule has 0 fully saturated rings. The Morgan fingerprint density at radius 3 is 2.75 bits per heavy atom. The van der Waals surface area contributed by atoms with Gasteiger partial charge < -0.3 is 10.4 Å². The van der Waals surface area contributed by atoms with Crippen molar-refractivity contribution < 1.29 is 14.3 Å². The van der Waals surface area contributed by atoms with Crippen molar-refractivity contribution in [2.75, 3.05) is 5.32 Å². The maximum absolute atomic E-state index is 13.1. The number of halogens is 1. The maximum atomic E-state index is 13.1. The van der Waals surface area contributed by atoms with Crippen molar-refractivity contribution in [1.29, 1.82) is 0 Å². The number of aromatic carboxylic acids is 1. The first-order valence-corrected chi connectivity index (χ1v) is 6.79. The van der Waals surface area contributed by atoms with Gasteiger partial charge in [-0.2, -0.15) is 0 Å². The second kappa shape index (κ2) is 5.54. The van der Waals surface area contributed by atoms with Crippen molar-refractivity contribution in [2.24, 2.45) is 0 Å². The summed E-state index contributed by atoms with van der Waals surface area (Å²) in [5, 5.41) is 13.0. The van der Waals surface area contributed by atoms with Crippen molar-refractivity contribution in [2.45, 2.75) is 26.8 Å². The molecule has 0 saturated heterocycles. The van der Waals surface area contributed by atoms with Crippen LogP contribution in [0.4, 0.5) is 10.2 Å². The first kappa shape index (κ1) is 14.4. The van der Waals surface area contributed by atoms with Crippen molar-refractivity contribution in [1.82, 2.24) is 9.97 Å². The van der Waals surface area contributed by atoms with Crippen molar-refractivity contribution in [3.05, 3.63) is 39.2 Å². The summed E-state index contributed by atoms with van der Waals surface area (Å²) in [5.41, 5.74) is 0.710. The van der Waals surface area contributed by atoms with Gasteiger partial charge in [-0.3, -0.25) is 0 Å². The quantitative estimate of drug-likeness (QED) is 0.906. The minimum Gasteiger partial charge on any atom is -0.478 e. The number of anilines is 1. The van der Waals surface area contributed by atoms with E-state index in [0.29, 0.717) is 0 Å². The lowest BCUT2D eigenvalue weighted by molar-refractivity contribution is 0.0697. The van der Waals surface area contributed by atoms with Gasteiger partial charge in [-0.05, 0) is 26.8 Å². The standard InChI is InChI=1S/C13H14FN3O2S/c1-6-11(20-8(3)16-6)7(2)17-12-10(13(18)19)4-9(14)5-15-12/h4-5,7H,1-3H3,(H,15,17)(H,18,19). The Hall–Kier alpha value is -2.02. The van der Waals surface area contributed by atoms with Crippen LogP contribution in [0.25, 0.3) is 0 Å². The number of aromatic nitrogens is 2. The maximum Gasteiger partial charge on any atom is 0.339 e. The zero-order valence-electron chi connectivity index (χ0n) is 11.3. The molecule has 0 radical (unpaired) electrons. The zero-order chi connectivity index (χ0) is 14.9. The van der Waals surface area contributed by atoms with Crippen LogP contribution in [-0.4, -0.2) is 21.0 Å². The fourth-order valence-electron chi connectivity index (χ4n) is 1.94. The summed E-state index contributed by atoms with van der Waals surface area (Å²) in [6.45, 7) is 5.69. The van der Waals surface area contributed by atoms with Crippen LogP contribution in [0.1, 0.15) is 38.9 Å². The predicted octanol–water partition coefficient (Wildman–Crippen LogP) is 3.17. The minimum atomic E-state index is -1.22. The number of thiazole rings is 1. The molecule has 0 aliphatic carbocycles. The molecule has 2 aromatic heterocycles. The van der Waals surface area contributed by atoms with Gasteiger partial charge >= 0.3 is 5.97 Å². The fraction of sp³-hybridized carbons (Fsp3) is 0.308. The van der Waals surface area contributed by atoms with E-state index in [1.165, 1.54) is 11.3 Å². The zero-order valence-corrected chi connectivity index (χ0v) is 12.1. The van der Waals surface area contributed by atoms with E-state index in [-0.39, 0.29) is 17.4 Å².